The van der Waals surface area contributed by atoms with Crippen LogP contribution in [0.15, 0.2) is 47.4 Å². The van der Waals surface area contributed by atoms with Crippen molar-refractivity contribution in [3.05, 3.63) is 53.1 Å². The van der Waals surface area contributed by atoms with Gasteiger partial charge in [-0.1, -0.05) is 23.7 Å². The number of ether oxygens (including phenoxy) is 1. The molecule has 0 radical (unpaired) electrons. The van der Waals surface area contributed by atoms with Crippen LogP contribution < -0.4 is 10.5 Å². The van der Waals surface area contributed by atoms with Gasteiger partial charge in [-0.2, -0.15) is 0 Å². The highest BCUT2D eigenvalue weighted by Crippen LogP contribution is 2.27. The van der Waals surface area contributed by atoms with Gasteiger partial charge in [-0.05, 0) is 35.9 Å². The second-order valence-corrected chi connectivity index (χ2v) is 6.67. The third-order valence-corrected chi connectivity index (χ3v) is 4.94. The Morgan fingerprint density at radius 2 is 1.95 bits per heavy atom. The van der Waals surface area contributed by atoms with Gasteiger partial charge in [0.1, 0.15) is 5.75 Å². The number of halogens is 1. The van der Waals surface area contributed by atoms with E-state index in [-0.39, 0.29) is 15.7 Å². The molecule has 2 aromatic carbocycles. The molecule has 0 unspecified atom stereocenters. The number of sulfone groups is 1. The fourth-order valence-corrected chi connectivity index (χ4v) is 3.74. The van der Waals surface area contributed by atoms with Crippen LogP contribution >= 0.6 is 11.6 Å². The van der Waals surface area contributed by atoms with Gasteiger partial charge < -0.3 is 10.5 Å². The maximum absolute atomic E-state index is 12.4. The van der Waals surface area contributed by atoms with Gasteiger partial charge in [-0.25, -0.2) is 8.42 Å². The Bertz CT molecular complexity index is 729. The minimum atomic E-state index is -3.56. The second-order valence-electron chi connectivity index (χ2n) is 4.30. The summed E-state index contributed by atoms with van der Waals surface area (Å²) in [6.45, 7) is 0. The molecule has 0 aliphatic heterocycles. The molecule has 0 amide bonds. The van der Waals surface area contributed by atoms with Crippen LogP contribution in [-0.4, -0.2) is 15.5 Å². The van der Waals surface area contributed by atoms with Crippen molar-refractivity contribution >= 4 is 27.1 Å². The summed E-state index contributed by atoms with van der Waals surface area (Å²) in [5, 5.41) is 0.169. The first-order valence-corrected chi connectivity index (χ1v) is 7.86. The zero-order valence-corrected chi connectivity index (χ0v) is 12.4. The van der Waals surface area contributed by atoms with Crippen LogP contribution in [0, 0.1) is 0 Å². The number of benzene rings is 2. The van der Waals surface area contributed by atoms with E-state index in [1.165, 1.54) is 19.2 Å². The number of hydrogen-bond acceptors (Lipinski definition) is 4. The molecule has 0 spiro atoms. The van der Waals surface area contributed by atoms with Crippen molar-refractivity contribution in [2.24, 2.45) is 0 Å². The Balaban J connectivity index is 2.38. The van der Waals surface area contributed by atoms with Crippen molar-refractivity contribution in [1.82, 2.24) is 0 Å². The summed E-state index contributed by atoms with van der Waals surface area (Å²) >= 11 is 5.95. The first-order valence-electron chi connectivity index (χ1n) is 5.83. The molecule has 0 fully saturated rings. The third-order valence-electron chi connectivity index (χ3n) is 2.78. The summed E-state index contributed by atoms with van der Waals surface area (Å²) in [5.41, 5.74) is 6.61. The van der Waals surface area contributed by atoms with E-state index >= 15 is 0 Å². The molecule has 0 aliphatic carbocycles. The maximum Gasteiger partial charge on any atom is 0.184 e. The summed E-state index contributed by atoms with van der Waals surface area (Å²) in [4.78, 5) is 0.0435. The van der Waals surface area contributed by atoms with E-state index in [4.69, 9.17) is 22.1 Å². The topological polar surface area (TPSA) is 69.4 Å². The zero-order valence-electron chi connectivity index (χ0n) is 10.8. The number of nitrogen functional groups attached to an aromatic ring is 1. The third kappa shape index (κ3) is 3.23. The molecule has 2 aromatic rings. The van der Waals surface area contributed by atoms with Crippen molar-refractivity contribution in [3.8, 4) is 5.75 Å². The fourth-order valence-electron chi connectivity index (χ4n) is 1.82. The normalized spacial score (nSPS) is 11.3. The van der Waals surface area contributed by atoms with Gasteiger partial charge >= 0.3 is 0 Å². The minimum Gasteiger partial charge on any atom is -0.497 e. The van der Waals surface area contributed by atoms with Crippen LogP contribution in [-0.2, 0) is 15.6 Å². The minimum absolute atomic E-state index is 0.0435. The molecule has 0 aliphatic rings. The monoisotopic (exact) mass is 311 g/mol. The largest absolute Gasteiger partial charge is 0.497 e. The van der Waals surface area contributed by atoms with Crippen molar-refractivity contribution in [1.29, 1.82) is 0 Å². The molecule has 20 heavy (non-hydrogen) atoms. The van der Waals surface area contributed by atoms with E-state index < -0.39 is 9.84 Å². The number of methoxy groups -OCH3 is 1. The van der Waals surface area contributed by atoms with Gasteiger partial charge in [0, 0.05) is 5.69 Å². The molecule has 2 N–H and O–H groups in total. The lowest BCUT2D eigenvalue weighted by Gasteiger charge is -2.08. The molecule has 106 valence electrons. The average Bonchev–Trinajstić information content (AvgIpc) is 2.41. The van der Waals surface area contributed by atoms with Gasteiger partial charge in [0.05, 0.1) is 22.8 Å². The van der Waals surface area contributed by atoms with E-state index in [1.54, 1.807) is 30.3 Å². The molecule has 0 atom stereocenters. The maximum atomic E-state index is 12.4. The van der Waals surface area contributed by atoms with Crippen LogP contribution in [0.3, 0.4) is 0 Å². The van der Waals surface area contributed by atoms with E-state index in [0.717, 1.165) is 0 Å². The van der Waals surface area contributed by atoms with Crippen LogP contribution in [0.25, 0.3) is 0 Å². The molecule has 4 nitrogen and oxygen atoms in total. The van der Waals surface area contributed by atoms with E-state index in [2.05, 4.69) is 0 Å². The van der Waals surface area contributed by atoms with Crippen LogP contribution in [0.1, 0.15) is 5.56 Å². The average molecular weight is 312 g/mol. The summed E-state index contributed by atoms with van der Waals surface area (Å²) in [7, 11) is -2.03. The number of hydrogen-bond donors (Lipinski definition) is 1. The summed E-state index contributed by atoms with van der Waals surface area (Å²) in [5.74, 6) is 0.448. The number of rotatable bonds is 4. The summed E-state index contributed by atoms with van der Waals surface area (Å²) < 4.78 is 29.9. The lowest BCUT2D eigenvalue weighted by atomic mass is 10.2. The van der Waals surface area contributed by atoms with Crippen LogP contribution in [0.5, 0.6) is 5.75 Å². The van der Waals surface area contributed by atoms with Crippen molar-refractivity contribution in [2.75, 3.05) is 12.8 Å². The SMILES string of the molecule is COc1cccc(CS(=O)(=O)c2cc(N)ccc2Cl)c1. The lowest BCUT2D eigenvalue weighted by molar-refractivity contribution is 0.414. The molecule has 0 heterocycles. The predicted octanol–water partition coefficient (Wildman–Crippen LogP) is 2.90. The number of nitrogens with two attached hydrogens (primary N) is 1. The van der Waals surface area contributed by atoms with Gasteiger partial charge in [0.2, 0.25) is 0 Å². The quantitative estimate of drug-likeness (QED) is 0.881. The Morgan fingerprint density at radius 3 is 2.65 bits per heavy atom. The molecular formula is C14H14ClNO3S. The van der Waals surface area contributed by atoms with Crippen molar-refractivity contribution in [2.45, 2.75) is 10.6 Å². The highest BCUT2D eigenvalue weighted by Gasteiger charge is 2.19. The Labute approximate surface area is 123 Å². The zero-order chi connectivity index (χ0) is 14.8. The fraction of sp³-hybridized carbons (Fsp3) is 0.143. The van der Waals surface area contributed by atoms with Gasteiger partial charge in [0.15, 0.2) is 9.84 Å². The first-order chi connectivity index (χ1) is 9.42. The van der Waals surface area contributed by atoms with E-state index in [0.29, 0.717) is 17.0 Å². The smallest absolute Gasteiger partial charge is 0.184 e. The predicted molar refractivity (Wildman–Crippen MR) is 79.7 cm³/mol. The molecule has 0 aromatic heterocycles. The standard InChI is InChI=1S/C14H14ClNO3S/c1-19-12-4-2-3-10(7-12)9-20(17,18)14-8-11(16)5-6-13(14)15/h2-8H,9,16H2,1H3. The van der Waals surface area contributed by atoms with Gasteiger partial charge in [-0.15, -0.1) is 0 Å². The van der Waals surface area contributed by atoms with Gasteiger partial charge in [-0.3, -0.25) is 0 Å². The van der Waals surface area contributed by atoms with Crippen molar-refractivity contribution in [3.63, 3.8) is 0 Å². The summed E-state index contributed by atoms with van der Waals surface area (Å²) in [6.07, 6.45) is 0. The van der Waals surface area contributed by atoms with Gasteiger partial charge in [0.25, 0.3) is 0 Å². The highest BCUT2D eigenvalue weighted by molar-refractivity contribution is 7.90. The lowest BCUT2D eigenvalue weighted by Crippen LogP contribution is -2.06. The molecule has 0 saturated heterocycles. The Kier molecular flexibility index (Phi) is 4.20. The molecule has 6 heteroatoms. The van der Waals surface area contributed by atoms with E-state index in [9.17, 15) is 8.42 Å². The van der Waals surface area contributed by atoms with E-state index in [1.807, 2.05) is 0 Å². The van der Waals surface area contributed by atoms with Crippen LogP contribution in [0.4, 0.5) is 5.69 Å². The Morgan fingerprint density at radius 1 is 1.20 bits per heavy atom. The molecule has 2 rings (SSSR count). The number of anilines is 1. The van der Waals surface area contributed by atoms with Crippen LogP contribution in [0.2, 0.25) is 5.02 Å². The molecule has 0 bridgehead atoms. The second kappa shape index (κ2) is 5.73. The molecular weight excluding hydrogens is 298 g/mol. The molecule has 0 saturated carbocycles. The summed E-state index contributed by atoms with van der Waals surface area (Å²) in [6, 6.07) is 11.3. The highest BCUT2D eigenvalue weighted by atomic mass is 35.5. The first kappa shape index (κ1) is 14.7. The Hall–Kier alpha value is -1.72. The van der Waals surface area contributed by atoms with Crippen molar-refractivity contribution < 1.29 is 13.2 Å².